The molecule has 0 atom stereocenters. The number of rotatable bonds is 7. The van der Waals surface area contributed by atoms with Crippen LogP contribution in [0.3, 0.4) is 0 Å². The summed E-state index contributed by atoms with van der Waals surface area (Å²) in [6.07, 6.45) is -2.80. The van der Waals surface area contributed by atoms with Gasteiger partial charge in [-0.1, -0.05) is 24.3 Å². The molecule has 3 N–H and O–H groups in total. The Morgan fingerprint density at radius 1 is 1.13 bits per heavy atom. The van der Waals surface area contributed by atoms with Crippen molar-refractivity contribution in [3.05, 3.63) is 54.1 Å². The molecule has 0 radical (unpaired) electrons. The standard InChI is InChI=1S/C22H27F3N4O2/c1-30-18-8-6-17(7-9-18)15-29-12-10-16(11-13-29)14-27-21(26)28-19-4-2-3-5-20(19)31-22(23,24)25/h2-9,16H,10-15H2,1H3,(H3,26,27,28). The molecule has 0 aromatic heterocycles. The van der Waals surface area contributed by atoms with Gasteiger partial charge < -0.3 is 20.5 Å². The SMILES string of the molecule is COc1ccc(CN2CCC(CN=C(N)Nc3ccccc3OC(F)(F)F)CC2)cc1. The maximum absolute atomic E-state index is 12.5. The van der Waals surface area contributed by atoms with Crippen LogP contribution in [0.25, 0.3) is 0 Å². The van der Waals surface area contributed by atoms with Crippen LogP contribution >= 0.6 is 0 Å². The summed E-state index contributed by atoms with van der Waals surface area (Å²) in [5, 5.41) is 2.71. The highest BCUT2D eigenvalue weighted by molar-refractivity contribution is 5.93. The van der Waals surface area contributed by atoms with E-state index in [2.05, 4.69) is 32.1 Å². The van der Waals surface area contributed by atoms with E-state index in [-0.39, 0.29) is 17.4 Å². The second-order valence-electron chi connectivity index (χ2n) is 7.46. The van der Waals surface area contributed by atoms with E-state index >= 15 is 0 Å². The van der Waals surface area contributed by atoms with E-state index in [9.17, 15) is 13.2 Å². The molecular weight excluding hydrogens is 409 g/mol. The molecule has 0 aliphatic carbocycles. The van der Waals surface area contributed by atoms with E-state index in [0.29, 0.717) is 12.5 Å². The van der Waals surface area contributed by atoms with Crippen LogP contribution < -0.4 is 20.5 Å². The molecule has 0 spiro atoms. The van der Waals surface area contributed by atoms with Crippen molar-refractivity contribution in [1.29, 1.82) is 0 Å². The fraction of sp³-hybridized carbons (Fsp3) is 0.409. The Hall–Kier alpha value is -2.94. The number of likely N-dealkylation sites (tertiary alicyclic amines) is 1. The highest BCUT2D eigenvalue weighted by atomic mass is 19.4. The lowest BCUT2D eigenvalue weighted by molar-refractivity contribution is -0.274. The van der Waals surface area contributed by atoms with Gasteiger partial charge in [0, 0.05) is 13.1 Å². The molecule has 0 bridgehead atoms. The van der Waals surface area contributed by atoms with E-state index in [0.717, 1.165) is 38.2 Å². The Morgan fingerprint density at radius 2 is 1.81 bits per heavy atom. The van der Waals surface area contributed by atoms with Crippen molar-refractivity contribution < 1.29 is 22.6 Å². The molecule has 6 nitrogen and oxygen atoms in total. The number of aliphatic imine (C=N–C) groups is 1. The zero-order valence-electron chi connectivity index (χ0n) is 17.4. The zero-order chi connectivity index (χ0) is 22.3. The number of nitrogens with two attached hydrogens (primary N) is 1. The predicted octanol–water partition coefficient (Wildman–Crippen LogP) is 4.23. The van der Waals surface area contributed by atoms with E-state index in [1.165, 1.54) is 23.8 Å². The number of nitrogens with one attached hydrogen (secondary N) is 1. The van der Waals surface area contributed by atoms with Gasteiger partial charge in [0.05, 0.1) is 12.8 Å². The Morgan fingerprint density at radius 3 is 2.45 bits per heavy atom. The quantitative estimate of drug-likeness (QED) is 0.502. The monoisotopic (exact) mass is 436 g/mol. The van der Waals surface area contributed by atoms with Gasteiger partial charge in [0.25, 0.3) is 0 Å². The topological polar surface area (TPSA) is 72.1 Å². The molecule has 1 heterocycles. The molecule has 0 amide bonds. The molecule has 2 aromatic rings. The highest BCUT2D eigenvalue weighted by Gasteiger charge is 2.32. The van der Waals surface area contributed by atoms with Crippen molar-refractivity contribution in [2.24, 2.45) is 16.6 Å². The molecule has 31 heavy (non-hydrogen) atoms. The summed E-state index contributed by atoms with van der Waals surface area (Å²) >= 11 is 0. The van der Waals surface area contributed by atoms with E-state index < -0.39 is 6.36 Å². The van der Waals surface area contributed by atoms with Crippen LogP contribution in [-0.2, 0) is 6.54 Å². The van der Waals surface area contributed by atoms with Gasteiger partial charge in [-0.15, -0.1) is 13.2 Å². The molecule has 0 unspecified atom stereocenters. The lowest BCUT2D eigenvalue weighted by Gasteiger charge is -2.31. The summed E-state index contributed by atoms with van der Waals surface area (Å²) in [7, 11) is 1.65. The number of benzene rings is 2. The van der Waals surface area contributed by atoms with Crippen LogP contribution in [0.4, 0.5) is 18.9 Å². The van der Waals surface area contributed by atoms with Gasteiger partial charge in [0.2, 0.25) is 0 Å². The third kappa shape index (κ3) is 7.36. The number of halogens is 3. The Labute approximate surface area is 179 Å². The molecule has 1 aliphatic heterocycles. The van der Waals surface area contributed by atoms with Gasteiger partial charge in [-0.25, -0.2) is 0 Å². The second-order valence-corrected chi connectivity index (χ2v) is 7.46. The lowest BCUT2D eigenvalue weighted by Crippen LogP contribution is -2.34. The van der Waals surface area contributed by atoms with Crippen LogP contribution in [0.2, 0.25) is 0 Å². The molecule has 168 valence electrons. The van der Waals surface area contributed by atoms with Crippen molar-refractivity contribution in [3.63, 3.8) is 0 Å². The summed E-state index contributed by atoms with van der Waals surface area (Å²) < 4.78 is 46.8. The Bertz CT molecular complexity index is 864. The maximum atomic E-state index is 12.5. The van der Waals surface area contributed by atoms with Crippen molar-refractivity contribution in [3.8, 4) is 11.5 Å². The summed E-state index contributed by atoms with van der Waals surface area (Å²) in [5.74, 6) is 0.951. The van der Waals surface area contributed by atoms with Gasteiger partial charge in [0.15, 0.2) is 11.7 Å². The normalized spacial score (nSPS) is 16.2. The molecular formula is C22H27F3N4O2. The largest absolute Gasteiger partial charge is 0.573 e. The van der Waals surface area contributed by atoms with Gasteiger partial charge in [-0.2, -0.15) is 0 Å². The van der Waals surface area contributed by atoms with E-state index in [4.69, 9.17) is 10.5 Å². The van der Waals surface area contributed by atoms with Crippen LogP contribution in [0, 0.1) is 5.92 Å². The lowest BCUT2D eigenvalue weighted by atomic mass is 9.96. The van der Waals surface area contributed by atoms with Gasteiger partial charge in [0.1, 0.15) is 5.75 Å². The minimum Gasteiger partial charge on any atom is -0.497 e. The van der Waals surface area contributed by atoms with Gasteiger partial charge >= 0.3 is 6.36 Å². The number of anilines is 1. The smallest absolute Gasteiger partial charge is 0.497 e. The number of alkyl halides is 3. The first-order chi connectivity index (χ1) is 14.8. The number of nitrogens with zero attached hydrogens (tertiary/aromatic N) is 2. The average molecular weight is 436 g/mol. The number of piperidine rings is 1. The van der Waals surface area contributed by atoms with Crippen LogP contribution in [-0.4, -0.2) is 44.0 Å². The zero-order valence-corrected chi connectivity index (χ0v) is 17.4. The summed E-state index contributed by atoms with van der Waals surface area (Å²) in [5.41, 5.74) is 7.25. The summed E-state index contributed by atoms with van der Waals surface area (Å²) in [4.78, 5) is 6.72. The van der Waals surface area contributed by atoms with Crippen LogP contribution in [0.1, 0.15) is 18.4 Å². The average Bonchev–Trinajstić information content (AvgIpc) is 2.74. The maximum Gasteiger partial charge on any atom is 0.573 e. The van der Waals surface area contributed by atoms with E-state index in [1.54, 1.807) is 13.2 Å². The number of hydrogen-bond donors (Lipinski definition) is 2. The molecule has 3 rings (SSSR count). The predicted molar refractivity (Wildman–Crippen MR) is 114 cm³/mol. The molecule has 9 heteroatoms. The number of ether oxygens (including phenoxy) is 2. The Balaban J connectivity index is 1.46. The first kappa shape index (κ1) is 22.7. The third-order valence-corrected chi connectivity index (χ3v) is 5.17. The Kier molecular flexibility index (Phi) is 7.62. The minimum absolute atomic E-state index is 0.0684. The molecule has 2 aromatic carbocycles. The summed E-state index contributed by atoms with van der Waals surface area (Å²) in [6.45, 7) is 3.33. The van der Waals surface area contributed by atoms with Gasteiger partial charge in [-0.3, -0.25) is 9.89 Å². The molecule has 1 aliphatic rings. The first-order valence-corrected chi connectivity index (χ1v) is 10.1. The van der Waals surface area contributed by atoms with Crippen LogP contribution in [0.15, 0.2) is 53.5 Å². The molecule has 1 fully saturated rings. The van der Waals surface area contributed by atoms with E-state index in [1.807, 2.05) is 12.1 Å². The highest BCUT2D eigenvalue weighted by Crippen LogP contribution is 2.29. The van der Waals surface area contributed by atoms with Crippen molar-refractivity contribution in [1.82, 2.24) is 4.90 Å². The van der Waals surface area contributed by atoms with Crippen molar-refractivity contribution in [2.45, 2.75) is 25.7 Å². The second kappa shape index (κ2) is 10.4. The third-order valence-electron chi connectivity index (χ3n) is 5.17. The van der Waals surface area contributed by atoms with Crippen molar-refractivity contribution >= 4 is 11.6 Å². The fourth-order valence-corrected chi connectivity index (χ4v) is 3.50. The van der Waals surface area contributed by atoms with Crippen molar-refractivity contribution in [2.75, 3.05) is 32.1 Å². The molecule has 0 saturated carbocycles. The fourth-order valence-electron chi connectivity index (χ4n) is 3.50. The first-order valence-electron chi connectivity index (χ1n) is 10.1. The number of guanidine groups is 1. The minimum atomic E-state index is -4.77. The number of methoxy groups -OCH3 is 1. The number of para-hydroxylation sites is 2. The number of hydrogen-bond acceptors (Lipinski definition) is 4. The van der Waals surface area contributed by atoms with Crippen LogP contribution in [0.5, 0.6) is 11.5 Å². The molecule has 1 saturated heterocycles. The van der Waals surface area contributed by atoms with Gasteiger partial charge in [-0.05, 0) is 61.7 Å². The summed E-state index contributed by atoms with van der Waals surface area (Å²) in [6, 6.07) is 13.8.